The van der Waals surface area contributed by atoms with Crippen LogP contribution in [0.1, 0.15) is 46.5 Å². The number of fused-ring (bicyclic) bond motifs is 1. The summed E-state index contributed by atoms with van der Waals surface area (Å²) in [5.41, 5.74) is 5.27. The monoisotopic (exact) mass is 559 g/mol. The van der Waals surface area contributed by atoms with Crippen LogP contribution in [0.2, 0.25) is 0 Å². The Hall–Kier alpha value is -5.10. The van der Waals surface area contributed by atoms with Gasteiger partial charge in [-0.05, 0) is 67.0 Å². The quantitative estimate of drug-likeness (QED) is 0.167. The normalized spacial score (nSPS) is 13.5. The summed E-state index contributed by atoms with van der Waals surface area (Å²) >= 11 is 0. The first kappa shape index (κ1) is 28.4. The van der Waals surface area contributed by atoms with E-state index in [-0.39, 0.29) is 12.5 Å². The second-order valence-corrected chi connectivity index (χ2v) is 10.5. The number of carbonyl (C=O) groups is 2. The Labute approximate surface area is 246 Å². The molecule has 1 heterocycles. The largest absolute Gasteiger partial charge is 0.492 e. The summed E-state index contributed by atoms with van der Waals surface area (Å²) in [5.74, 6) is 0.594. The van der Waals surface area contributed by atoms with Crippen LogP contribution in [0.25, 0.3) is 11.6 Å². The molecule has 1 aliphatic heterocycles. The first-order valence-electron chi connectivity index (χ1n) is 13.7. The minimum Gasteiger partial charge on any atom is -0.492 e. The lowest BCUT2D eigenvalue weighted by molar-refractivity contribution is -0.134. The third-order valence-electron chi connectivity index (χ3n) is 7.02. The maximum Gasteiger partial charge on any atom is 0.330 e. The van der Waals surface area contributed by atoms with Crippen LogP contribution in [0.15, 0.2) is 109 Å². The smallest absolute Gasteiger partial charge is 0.330 e. The van der Waals surface area contributed by atoms with Crippen molar-refractivity contribution in [2.75, 3.05) is 19.1 Å². The van der Waals surface area contributed by atoms with Crippen LogP contribution >= 0.6 is 0 Å². The van der Waals surface area contributed by atoms with Crippen molar-refractivity contribution < 1.29 is 23.8 Å². The third kappa shape index (κ3) is 6.13. The van der Waals surface area contributed by atoms with E-state index in [1.165, 1.54) is 13.2 Å². The molecule has 1 amide bonds. The fraction of sp³-hybridized carbons (Fsp3) is 0.167. The van der Waals surface area contributed by atoms with Crippen LogP contribution in [0.4, 0.5) is 5.69 Å². The van der Waals surface area contributed by atoms with Gasteiger partial charge in [0.05, 0.1) is 20.8 Å². The highest BCUT2D eigenvalue weighted by Crippen LogP contribution is 2.46. The van der Waals surface area contributed by atoms with Gasteiger partial charge in [-0.1, -0.05) is 72.8 Å². The highest BCUT2D eigenvalue weighted by Gasteiger charge is 2.32. The number of hydrogen-bond acceptors (Lipinski definition) is 5. The molecule has 0 aromatic heterocycles. The first-order chi connectivity index (χ1) is 20.3. The number of anilines is 1. The molecular weight excluding hydrogens is 526 g/mol. The Kier molecular flexibility index (Phi) is 8.25. The van der Waals surface area contributed by atoms with Gasteiger partial charge >= 0.3 is 5.97 Å². The maximum atomic E-state index is 14.0. The lowest BCUT2D eigenvalue weighted by atomic mass is 9.89. The van der Waals surface area contributed by atoms with Gasteiger partial charge in [-0.3, -0.25) is 4.79 Å². The molecule has 0 fully saturated rings. The predicted octanol–water partition coefficient (Wildman–Crippen LogP) is 7.33. The molecule has 5 rings (SSSR count). The van der Waals surface area contributed by atoms with Gasteiger partial charge in [-0.25, -0.2) is 4.79 Å². The Morgan fingerprint density at radius 1 is 0.881 bits per heavy atom. The number of nitrogens with zero attached hydrogens (tertiary/aromatic N) is 1. The Morgan fingerprint density at radius 3 is 2.29 bits per heavy atom. The van der Waals surface area contributed by atoms with Crippen molar-refractivity contribution in [3.8, 4) is 11.5 Å². The highest BCUT2D eigenvalue weighted by atomic mass is 16.5. The molecule has 42 heavy (non-hydrogen) atoms. The van der Waals surface area contributed by atoms with Crippen molar-refractivity contribution in [1.82, 2.24) is 0 Å². The van der Waals surface area contributed by atoms with Crippen LogP contribution in [-0.2, 0) is 16.1 Å². The highest BCUT2D eigenvalue weighted by molar-refractivity contribution is 6.06. The minimum atomic E-state index is -0.579. The molecule has 0 spiro atoms. The van der Waals surface area contributed by atoms with E-state index < -0.39 is 11.6 Å². The van der Waals surface area contributed by atoms with Crippen LogP contribution in [0.3, 0.4) is 0 Å². The molecule has 0 radical (unpaired) electrons. The van der Waals surface area contributed by atoms with E-state index >= 15 is 0 Å². The summed E-state index contributed by atoms with van der Waals surface area (Å²) in [7, 11) is 2.95. The molecule has 0 unspecified atom stereocenters. The van der Waals surface area contributed by atoms with Gasteiger partial charge < -0.3 is 19.1 Å². The number of carbonyl (C=O) groups excluding carboxylic acids is 2. The topological polar surface area (TPSA) is 65.1 Å². The zero-order chi connectivity index (χ0) is 29.7. The molecule has 0 aliphatic carbocycles. The average Bonchev–Trinajstić information content (AvgIpc) is 3.02. The molecule has 1 aliphatic rings. The van der Waals surface area contributed by atoms with Gasteiger partial charge in [-0.15, -0.1) is 0 Å². The van der Waals surface area contributed by atoms with Gasteiger partial charge in [0.2, 0.25) is 0 Å². The molecular formula is C36H33NO5. The van der Waals surface area contributed by atoms with Crippen molar-refractivity contribution in [3.05, 3.63) is 137 Å². The van der Waals surface area contributed by atoms with Crippen molar-refractivity contribution in [1.29, 1.82) is 0 Å². The van der Waals surface area contributed by atoms with Gasteiger partial charge in [0.15, 0.2) is 11.5 Å². The maximum absolute atomic E-state index is 14.0. The first-order valence-corrected chi connectivity index (χ1v) is 13.7. The second-order valence-electron chi connectivity index (χ2n) is 10.5. The molecule has 0 saturated heterocycles. The number of amides is 1. The number of hydrogen-bond donors (Lipinski definition) is 0. The third-order valence-corrected chi connectivity index (χ3v) is 7.02. The summed E-state index contributed by atoms with van der Waals surface area (Å²) < 4.78 is 17.2. The van der Waals surface area contributed by atoms with Crippen LogP contribution in [-0.4, -0.2) is 31.7 Å². The van der Waals surface area contributed by atoms with Crippen molar-refractivity contribution in [2.45, 2.75) is 26.0 Å². The molecule has 4 aromatic carbocycles. The van der Waals surface area contributed by atoms with Crippen LogP contribution in [0, 0.1) is 0 Å². The van der Waals surface area contributed by atoms with E-state index in [0.29, 0.717) is 22.7 Å². The Morgan fingerprint density at radius 2 is 1.60 bits per heavy atom. The summed E-state index contributed by atoms with van der Waals surface area (Å²) in [6.45, 7) is 4.26. The van der Waals surface area contributed by atoms with Gasteiger partial charge in [0.25, 0.3) is 5.91 Å². The van der Waals surface area contributed by atoms with E-state index in [9.17, 15) is 9.59 Å². The fourth-order valence-corrected chi connectivity index (χ4v) is 5.06. The summed E-state index contributed by atoms with van der Waals surface area (Å²) in [6, 6.07) is 30.8. The van der Waals surface area contributed by atoms with Crippen LogP contribution < -0.4 is 14.4 Å². The fourth-order valence-electron chi connectivity index (χ4n) is 5.06. The van der Waals surface area contributed by atoms with E-state index in [4.69, 9.17) is 14.2 Å². The molecule has 0 bridgehead atoms. The lowest BCUT2D eigenvalue weighted by Crippen LogP contribution is -2.32. The standard InChI is InChI=1S/C36H33NO5/c1-36(2)23-31(26-13-7-5-8-14-26)30-20-19-28(33(41-4)34(30)42-36)24-37(35(39)27-15-9-6-10-16-27)29-17-11-12-25(22-29)18-21-32(38)40-3/h5-23H,24H2,1-4H3/b21-18+. The summed E-state index contributed by atoms with van der Waals surface area (Å²) in [6.07, 6.45) is 5.14. The molecule has 0 saturated carbocycles. The predicted molar refractivity (Wildman–Crippen MR) is 166 cm³/mol. The summed E-state index contributed by atoms with van der Waals surface area (Å²) in [5, 5.41) is 0. The zero-order valence-corrected chi connectivity index (χ0v) is 24.2. The average molecular weight is 560 g/mol. The molecule has 0 N–H and O–H groups in total. The Balaban J connectivity index is 1.59. The lowest BCUT2D eigenvalue weighted by Gasteiger charge is -2.33. The molecule has 4 aromatic rings. The number of methoxy groups -OCH3 is 2. The second kappa shape index (κ2) is 12.2. The Bertz CT molecular complexity index is 1660. The molecule has 6 heteroatoms. The van der Waals surface area contributed by atoms with E-state index in [1.807, 2.05) is 86.6 Å². The van der Waals surface area contributed by atoms with Crippen molar-refractivity contribution >= 4 is 29.2 Å². The van der Waals surface area contributed by atoms with E-state index in [0.717, 1.165) is 27.8 Å². The van der Waals surface area contributed by atoms with Crippen molar-refractivity contribution in [3.63, 3.8) is 0 Å². The minimum absolute atomic E-state index is 0.171. The van der Waals surface area contributed by atoms with Crippen LogP contribution in [0.5, 0.6) is 11.5 Å². The molecule has 212 valence electrons. The van der Waals surface area contributed by atoms with Gasteiger partial charge in [0.1, 0.15) is 5.60 Å². The molecule has 0 atom stereocenters. The van der Waals surface area contributed by atoms with Crippen molar-refractivity contribution in [2.24, 2.45) is 0 Å². The number of esters is 1. The summed E-state index contributed by atoms with van der Waals surface area (Å²) in [4.78, 5) is 27.3. The van der Waals surface area contributed by atoms with Gasteiger partial charge in [0, 0.05) is 28.5 Å². The molecule has 6 nitrogen and oxygen atoms in total. The van der Waals surface area contributed by atoms with E-state index in [2.05, 4.69) is 18.2 Å². The number of ether oxygens (including phenoxy) is 3. The SMILES string of the molecule is COC(=O)/C=C/c1cccc(N(Cc2ccc3c(c2OC)OC(C)(C)C=C3c2ccccc2)C(=O)c2ccccc2)c1. The number of benzene rings is 4. The number of rotatable bonds is 8. The van der Waals surface area contributed by atoms with E-state index in [1.54, 1.807) is 30.2 Å². The van der Waals surface area contributed by atoms with Gasteiger partial charge in [-0.2, -0.15) is 0 Å². The zero-order valence-electron chi connectivity index (χ0n) is 24.2.